The Labute approximate surface area is 104 Å². The molecule has 0 unspecified atom stereocenters. The summed E-state index contributed by atoms with van der Waals surface area (Å²) in [5, 5.41) is 0. The van der Waals surface area contributed by atoms with Gasteiger partial charge in [0.15, 0.2) is 5.82 Å². The molecule has 3 aromatic heterocycles. The number of thiophene rings is 1. The number of rotatable bonds is 2. The molecule has 0 aliphatic carbocycles. The van der Waals surface area contributed by atoms with Crippen molar-refractivity contribution in [2.24, 2.45) is 5.73 Å². The Morgan fingerprint density at radius 3 is 2.88 bits per heavy atom. The normalized spacial score (nSPS) is 11.2. The number of fused-ring (bicyclic) bond motifs is 1. The van der Waals surface area contributed by atoms with Gasteiger partial charge in [-0.25, -0.2) is 4.98 Å². The summed E-state index contributed by atoms with van der Waals surface area (Å²) in [7, 11) is 0. The molecule has 0 fully saturated rings. The van der Waals surface area contributed by atoms with E-state index in [-0.39, 0.29) is 0 Å². The van der Waals surface area contributed by atoms with E-state index < -0.39 is 0 Å². The lowest BCUT2D eigenvalue weighted by Gasteiger charge is -2.01. The van der Waals surface area contributed by atoms with Crippen LogP contribution in [-0.4, -0.2) is 9.38 Å². The van der Waals surface area contributed by atoms with Gasteiger partial charge in [0.2, 0.25) is 0 Å². The number of pyridine rings is 1. The number of nitrogens with zero attached hydrogens (tertiary/aromatic N) is 2. The topological polar surface area (TPSA) is 43.3 Å². The van der Waals surface area contributed by atoms with E-state index in [1.165, 1.54) is 9.75 Å². The standard InChI is InChI=1S/C13H13N3S/c1-9-2-5-12(17-9)13-15-7-11-4-3-10(6-14)8-16(11)13/h2-5,7-8H,6,14H2,1H3. The zero-order valence-corrected chi connectivity index (χ0v) is 10.4. The molecule has 0 aromatic carbocycles. The molecule has 3 heterocycles. The third-order valence-electron chi connectivity index (χ3n) is 2.79. The molecule has 0 bridgehead atoms. The Bertz CT molecular complexity index is 666. The molecule has 0 aliphatic heterocycles. The summed E-state index contributed by atoms with van der Waals surface area (Å²) in [5.74, 6) is 0.994. The summed E-state index contributed by atoms with van der Waals surface area (Å²) in [6, 6.07) is 8.33. The van der Waals surface area contributed by atoms with E-state index >= 15 is 0 Å². The van der Waals surface area contributed by atoms with Crippen LogP contribution in [0.3, 0.4) is 0 Å². The summed E-state index contributed by atoms with van der Waals surface area (Å²) in [5.41, 5.74) is 7.89. The monoisotopic (exact) mass is 243 g/mol. The predicted molar refractivity (Wildman–Crippen MR) is 71.1 cm³/mol. The van der Waals surface area contributed by atoms with Crippen molar-refractivity contribution in [3.8, 4) is 10.7 Å². The molecule has 0 saturated heterocycles. The van der Waals surface area contributed by atoms with Crippen LogP contribution in [0.5, 0.6) is 0 Å². The number of nitrogens with two attached hydrogens (primary N) is 1. The summed E-state index contributed by atoms with van der Waals surface area (Å²) in [6.45, 7) is 2.66. The molecule has 17 heavy (non-hydrogen) atoms. The van der Waals surface area contributed by atoms with Crippen molar-refractivity contribution < 1.29 is 0 Å². The van der Waals surface area contributed by atoms with Crippen LogP contribution in [0.4, 0.5) is 0 Å². The summed E-state index contributed by atoms with van der Waals surface area (Å²) < 4.78 is 2.10. The average Bonchev–Trinajstić information content (AvgIpc) is 2.93. The smallest absolute Gasteiger partial charge is 0.154 e. The molecular weight excluding hydrogens is 230 g/mol. The fourth-order valence-corrected chi connectivity index (χ4v) is 2.75. The van der Waals surface area contributed by atoms with E-state index in [1.54, 1.807) is 11.3 Å². The van der Waals surface area contributed by atoms with Crippen molar-refractivity contribution in [1.29, 1.82) is 0 Å². The first kappa shape index (κ1) is 10.5. The van der Waals surface area contributed by atoms with Crippen LogP contribution < -0.4 is 5.73 Å². The van der Waals surface area contributed by atoms with Crippen LogP contribution in [0.15, 0.2) is 36.7 Å². The molecule has 0 spiro atoms. The van der Waals surface area contributed by atoms with Gasteiger partial charge < -0.3 is 5.73 Å². The van der Waals surface area contributed by atoms with Gasteiger partial charge >= 0.3 is 0 Å². The average molecular weight is 243 g/mol. The Morgan fingerprint density at radius 1 is 1.29 bits per heavy atom. The van der Waals surface area contributed by atoms with Crippen LogP contribution >= 0.6 is 11.3 Å². The maximum absolute atomic E-state index is 5.67. The highest BCUT2D eigenvalue weighted by molar-refractivity contribution is 7.15. The molecule has 3 rings (SSSR count). The first-order valence-corrected chi connectivity index (χ1v) is 6.32. The van der Waals surface area contributed by atoms with Crippen LogP contribution in [0.2, 0.25) is 0 Å². The van der Waals surface area contributed by atoms with Crippen LogP contribution in [0.1, 0.15) is 10.4 Å². The molecule has 2 N–H and O–H groups in total. The first-order chi connectivity index (χ1) is 8.28. The third-order valence-corrected chi connectivity index (χ3v) is 3.78. The van der Waals surface area contributed by atoms with Gasteiger partial charge in [0.05, 0.1) is 16.6 Å². The molecule has 3 nitrogen and oxygen atoms in total. The minimum atomic E-state index is 0.553. The lowest BCUT2D eigenvalue weighted by molar-refractivity contribution is 1.03. The van der Waals surface area contributed by atoms with E-state index in [9.17, 15) is 0 Å². The molecule has 0 amide bonds. The second-order valence-electron chi connectivity index (χ2n) is 4.03. The second kappa shape index (κ2) is 3.98. The van der Waals surface area contributed by atoms with Gasteiger partial charge in [0.25, 0.3) is 0 Å². The fraction of sp³-hybridized carbons (Fsp3) is 0.154. The summed E-state index contributed by atoms with van der Waals surface area (Å²) in [6.07, 6.45) is 3.96. The number of hydrogen-bond acceptors (Lipinski definition) is 3. The summed E-state index contributed by atoms with van der Waals surface area (Å²) in [4.78, 5) is 6.98. The quantitative estimate of drug-likeness (QED) is 0.752. The SMILES string of the molecule is Cc1ccc(-c2ncc3ccc(CN)cn23)s1. The van der Waals surface area contributed by atoms with Gasteiger partial charge in [0, 0.05) is 17.6 Å². The zero-order valence-electron chi connectivity index (χ0n) is 9.55. The van der Waals surface area contributed by atoms with Gasteiger partial charge in [-0.1, -0.05) is 6.07 Å². The highest BCUT2D eigenvalue weighted by Crippen LogP contribution is 2.27. The highest BCUT2D eigenvalue weighted by atomic mass is 32.1. The molecular formula is C13H13N3S. The predicted octanol–water partition coefficient (Wildman–Crippen LogP) is 2.83. The van der Waals surface area contributed by atoms with Crippen LogP contribution in [0, 0.1) is 6.92 Å². The lowest BCUT2D eigenvalue weighted by atomic mass is 10.3. The highest BCUT2D eigenvalue weighted by Gasteiger charge is 2.08. The van der Waals surface area contributed by atoms with E-state index in [0.717, 1.165) is 16.9 Å². The number of imidazole rings is 1. The zero-order chi connectivity index (χ0) is 11.8. The number of aryl methyl sites for hydroxylation is 1. The van der Waals surface area contributed by atoms with Gasteiger partial charge in [-0.15, -0.1) is 11.3 Å². The molecule has 0 saturated carbocycles. The minimum Gasteiger partial charge on any atom is -0.326 e. The van der Waals surface area contributed by atoms with Crippen molar-refractivity contribution in [1.82, 2.24) is 9.38 Å². The molecule has 0 aliphatic rings. The Hall–Kier alpha value is -1.65. The van der Waals surface area contributed by atoms with Crippen LogP contribution in [-0.2, 0) is 6.54 Å². The van der Waals surface area contributed by atoms with E-state index in [2.05, 4.69) is 40.7 Å². The largest absolute Gasteiger partial charge is 0.326 e. The van der Waals surface area contributed by atoms with Crippen LogP contribution in [0.25, 0.3) is 16.2 Å². The van der Waals surface area contributed by atoms with Gasteiger partial charge in [0.1, 0.15) is 0 Å². The Balaban J connectivity index is 2.22. The van der Waals surface area contributed by atoms with Gasteiger partial charge in [-0.05, 0) is 30.7 Å². The molecule has 4 heteroatoms. The third kappa shape index (κ3) is 1.75. The number of hydrogen-bond donors (Lipinski definition) is 1. The lowest BCUT2D eigenvalue weighted by Crippen LogP contribution is -1.98. The maximum atomic E-state index is 5.67. The molecule has 0 radical (unpaired) electrons. The van der Waals surface area contributed by atoms with Crippen molar-refractivity contribution in [2.45, 2.75) is 13.5 Å². The first-order valence-electron chi connectivity index (χ1n) is 5.51. The van der Waals surface area contributed by atoms with E-state index in [1.807, 2.05) is 12.3 Å². The minimum absolute atomic E-state index is 0.553. The molecule has 0 atom stereocenters. The van der Waals surface area contributed by atoms with Crippen molar-refractivity contribution in [3.63, 3.8) is 0 Å². The number of aromatic nitrogens is 2. The van der Waals surface area contributed by atoms with Gasteiger partial charge in [-0.3, -0.25) is 4.40 Å². The maximum Gasteiger partial charge on any atom is 0.154 e. The van der Waals surface area contributed by atoms with Crippen molar-refractivity contribution >= 4 is 16.9 Å². The fourth-order valence-electron chi connectivity index (χ4n) is 1.89. The second-order valence-corrected chi connectivity index (χ2v) is 5.32. The van der Waals surface area contributed by atoms with E-state index in [0.29, 0.717) is 6.54 Å². The van der Waals surface area contributed by atoms with Crippen molar-refractivity contribution in [2.75, 3.05) is 0 Å². The Morgan fingerprint density at radius 2 is 2.18 bits per heavy atom. The van der Waals surface area contributed by atoms with Crippen molar-refractivity contribution in [3.05, 3.63) is 47.1 Å². The Kier molecular flexibility index (Phi) is 2.46. The van der Waals surface area contributed by atoms with E-state index in [4.69, 9.17) is 5.73 Å². The van der Waals surface area contributed by atoms with Gasteiger partial charge in [-0.2, -0.15) is 0 Å². The molecule has 86 valence electrons. The summed E-state index contributed by atoms with van der Waals surface area (Å²) >= 11 is 1.76. The molecule has 3 aromatic rings.